The molecule has 0 fully saturated rings. The number of hydrogen-bond acceptors (Lipinski definition) is 3. The van der Waals surface area contributed by atoms with Gasteiger partial charge in [-0.3, -0.25) is 0 Å². The van der Waals surface area contributed by atoms with Crippen LogP contribution in [0.15, 0.2) is 42.2 Å². The number of nitrogens with two attached hydrogens (primary N) is 1. The van der Waals surface area contributed by atoms with Crippen LogP contribution in [0.2, 0.25) is 0 Å². The molecule has 0 saturated heterocycles. The maximum Gasteiger partial charge on any atom is 0.181 e. The van der Waals surface area contributed by atoms with E-state index in [1.807, 2.05) is 24.3 Å². The smallest absolute Gasteiger partial charge is 0.181 e. The van der Waals surface area contributed by atoms with Crippen molar-refractivity contribution in [2.24, 2.45) is 0 Å². The Kier molecular flexibility index (Phi) is 3.22. The van der Waals surface area contributed by atoms with Crippen molar-refractivity contribution >= 4 is 17.3 Å². The number of hydrogen-bond donors (Lipinski definition) is 1. The third-order valence-corrected chi connectivity index (χ3v) is 2.24. The highest BCUT2D eigenvalue weighted by Gasteiger charge is 2.03. The molecule has 2 aromatic rings. The Morgan fingerprint density at radius 3 is 3.06 bits per heavy atom. The number of nitrogens with zero attached hydrogens (tertiary/aromatic N) is 3. The molecule has 0 spiro atoms. The summed E-state index contributed by atoms with van der Waals surface area (Å²) in [6.07, 6.45) is 3.45. The van der Waals surface area contributed by atoms with E-state index in [9.17, 15) is 0 Å². The molecule has 0 atom stereocenters. The van der Waals surface area contributed by atoms with Gasteiger partial charge in [0.1, 0.15) is 6.33 Å². The van der Waals surface area contributed by atoms with E-state index < -0.39 is 0 Å². The number of anilines is 1. The lowest BCUT2D eigenvalue weighted by atomic mass is 10.2. The summed E-state index contributed by atoms with van der Waals surface area (Å²) >= 11 is 5.44. The molecule has 0 unspecified atom stereocenters. The van der Waals surface area contributed by atoms with Crippen LogP contribution in [0.25, 0.3) is 11.4 Å². The molecule has 16 heavy (non-hydrogen) atoms. The molecular formula is C11H11ClN4. The molecule has 0 amide bonds. The van der Waals surface area contributed by atoms with Crippen molar-refractivity contribution in [2.75, 3.05) is 5.73 Å². The van der Waals surface area contributed by atoms with Gasteiger partial charge < -0.3 is 5.73 Å². The average molecular weight is 235 g/mol. The molecular weight excluding hydrogens is 224 g/mol. The number of rotatable bonds is 3. The fourth-order valence-corrected chi connectivity index (χ4v) is 1.42. The average Bonchev–Trinajstić information content (AvgIpc) is 2.75. The summed E-state index contributed by atoms with van der Waals surface area (Å²) in [6, 6.07) is 7.48. The zero-order valence-electron chi connectivity index (χ0n) is 8.55. The number of benzene rings is 1. The molecule has 2 rings (SSSR count). The fraction of sp³-hybridized carbons (Fsp3) is 0.0909. The standard InChI is InChI=1S/C11H11ClN4/c12-5-2-6-16-8-14-11(15-16)9-3-1-4-10(13)7-9/h1-5,7-8H,6,13H2/b5-2+. The van der Waals surface area contributed by atoms with Gasteiger partial charge in [-0.2, -0.15) is 5.10 Å². The molecule has 4 nitrogen and oxygen atoms in total. The molecule has 5 heteroatoms. The quantitative estimate of drug-likeness (QED) is 0.829. The van der Waals surface area contributed by atoms with Gasteiger partial charge in [0.05, 0.1) is 6.54 Å². The normalized spacial score (nSPS) is 11.1. The molecule has 0 saturated carbocycles. The van der Waals surface area contributed by atoms with Gasteiger partial charge >= 0.3 is 0 Å². The van der Waals surface area contributed by atoms with Crippen LogP contribution in [0, 0.1) is 0 Å². The third-order valence-electron chi connectivity index (χ3n) is 2.06. The van der Waals surface area contributed by atoms with Crippen LogP contribution in [0.1, 0.15) is 0 Å². The maximum atomic E-state index is 5.69. The van der Waals surface area contributed by atoms with Crippen molar-refractivity contribution in [3.8, 4) is 11.4 Å². The number of halogens is 1. The van der Waals surface area contributed by atoms with Gasteiger partial charge in [-0.1, -0.05) is 29.8 Å². The van der Waals surface area contributed by atoms with Crippen molar-refractivity contribution in [3.63, 3.8) is 0 Å². The summed E-state index contributed by atoms with van der Waals surface area (Å²) in [5.74, 6) is 0.662. The molecule has 0 aliphatic rings. The van der Waals surface area contributed by atoms with Crippen molar-refractivity contribution in [1.29, 1.82) is 0 Å². The van der Waals surface area contributed by atoms with Crippen molar-refractivity contribution < 1.29 is 0 Å². The topological polar surface area (TPSA) is 56.7 Å². The number of nitrogen functional groups attached to an aromatic ring is 1. The Balaban J connectivity index is 2.24. The van der Waals surface area contributed by atoms with Gasteiger partial charge in [-0.15, -0.1) is 0 Å². The predicted molar refractivity (Wildman–Crippen MR) is 64.9 cm³/mol. The minimum Gasteiger partial charge on any atom is -0.399 e. The van der Waals surface area contributed by atoms with Crippen molar-refractivity contribution in [2.45, 2.75) is 6.54 Å². The first kappa shape index (κ1) is 10.7. The minimum atomic E-state index is 0.610. The summed E-state index contributed by atoms with van der Waals surface area (Å²) in [7, 11) is 0. The second kappa shape index (κ2) is 4.81. The van der Waals surface area contributed by atoms with Gasteiger partial charge in [0, 0.05) is 16.8 Å². The molecule has 0 bridgehead atoms. The van der Waals surface area contributed by atoms with Crippen molar-refractivity contribution in [1.82, 2.24) is 14.8 Å². The second-order valence-corrected chi connectivity index (χ2v) is 3.53. The van der Waals surface area contributed by atoms with Crippen LogP contribution in [-0.2, 0) is 6.54 Å². The van der Waals surface area contributed by atoms with Crippen LogP contribution < -0.4 is 5.73 Å². The van der Waals surface area contributed by atoms with Gasteiger partial charge in [0.25, 0.3) is 0 Å². The monoisotopic (exact) mass is 234 g/mol. The van der Waals surface area contributed by atoms with E-state index in [0.717, 1.165) is 5.56 Å². The minimum absolute atomic E-state index is 0.610. The Morgan fingerprint density at radius 2 is 2.31 bits per heavy atom. The van der Waals surface area contributed by atoms with Gasteiger partial charge in [0.15, 0.2) is 5.82 Å². The summed E-state index contributed by atoms with van der Waals surface area (Å²) in [4.78, 5) is 4.20. The molecule has 0 aliphatic carbocycles. The lowest BCUT2D eigenvalue weighted by molar-refractivity contribution is 0.702. The van der Waals surface area contributed by atoms with Crippen LogP contribution in [0.3, 0.4) is 0 Å². The summed E-state index contributed by atoms with van der Waals surface area (Å²) in [6.45, 7) is 0.610. The van der Waals surface area contributed by atoms with E-state index in [0.29, 0.717) is 18.1 Å². The molecule has 2 N–H and O–H groups in total. The largest absolute Gasteiger partial charge is 0.399 e. The Morgan fingerprint density at radius 1 is 1.44 bits per heavy atom. The van der Waals surface area contributed by atoms with E-state index in [1.54, 1.807) is 17.1 Å². The maximum absolute atomic E-state index is 5.69. The Bertz CT molecular complexity index is 504. The summed E-state index contributed by atoms with van der Waals surface area (Å²) in [5, 5.41) is 4.30. The highest BCUT2D eigenvalue weighted by Crippen LogP contribution is 2.16. The van der Waals surface area contributed by atoms with Gasteiger partial charge in [-0.25, -0.2) is 9.67 Å². The van der Waals surface area contributed by atoms with Gasteiger partial charge in [-0.05, 0) is 12.1 Å². The van der Waals surface area contributed by atoms with Crippen LogP contribution in [0.5, 0.6) is 0 Å². The number of aromatic nitrogens is 3. The SMILES string of the molecule is Nc1cccc(-c2ncn(C/C=C/Cl)n2)c1. The number of allylic oxidation sites excluding steroid dienone is 1. The Labute approximate surface area is 98.4 Å². The lowest BCUT2D eigenvalue weighted by Gasteiger charge is -1.96. The highest BCUT2D eigenvalue weighted by atomic mass is 35.5. The third kappa shape index (κ3) is 2.41. The van der Waals surface area contributed by atoms with Crippen LogP contribution in [0.4, 0.5) is 5.69 Å². The van der Waals surface area contributed by atoms with E-state index >= 15 is 0 Å². The summed E-state index contributed by atoms with van der Waals surface area (Å²) < 4.78 is 1.71. The van der Waals surface area contributed by atoms with E-state index in [1.165, 1.54) is 5.54 Å². The van der Waals surface area contributed by atoms with E-state index in [4.69, 9.17) is 17.3 Å². The van der Waals surface area contributed by atoms with Gasteiger partial charge in [0.2, 0.25) is 0 Å². The molecule has 0 radical (unpaired) electrons. The zero-order chi connectivity index (χ0) is 11.4. The predicted octanol–water partition coefficient (Wildman–Crippen LogP) is 2.28. The lowest BCUT2D eigenvalue weighted by Crippen LogP contribution is -1.95. The first-order chi connectivity index (χ1) is 7.79. The summed E-state index contributed by atoms with van der Waals surface area (Å²) in [5.41, 5.74) is 8.77. The van der Waals surface area contributed by atoms with E-state index in [2.05, 4.69) is 10.1 Å². The molecule has 0 aliphatic heterocycles. The second-order valence-electron chi connectivity index (χ2n) is 3.28. The van der Waals surface area contributed by atoms with Crippen LogP contribution >= 0.6 is 11.6 Å². The Hall–Kier alpha value is -1.81. The highest BCUT2D eigenvalue weighted by molar-refractivity contribution is 6.25. The zero-order valence-corrected chi connectivity index (χ0v) is 9.30. The first-order valence-electron chi connectivity index (χ1n) is 4.80. The molecule has 82 valence electrons. The molecule has 1 heterocycles. The first-order valence-corrected chi connectivity index (χ1v) is 5.24. The fourth-order valence-electron chi connectivity index (χ4n) is 1.34. The molecule has 1 aromatic heterocycles. The molecule has 1 aromatic carbocycles. The van der Waals surface area contributed by atoms with Crippen molar-refractivity contribution in [3.05, 3.63) is 42.2 Å². The van der Waals surface area contributed by atoms with E-state index in [-0.39, 0.29) is 0 Å². The van der Waals surface area contributed by atoms with Crippen LogP contribution in [-0.4, -0.2) is 14.8 Å².